The summed E-state index contributed by atoms with van der Waals surface area (Å²) in [6, 6.07) is 12.6. The second kappa shape index (κ2) is 5.46. The van der Waals surface area contributed by atoms with Crippen LogP contribution < -0.4 is 11.1 Å². The molecule has 92 valence electrons. The van der Waals surface area contributed by atoms with E-state index in [1.165, 1.54) is 0 Å². The van der Waals surface area contributed by atoms with E-state index in [1.807, 2.05) is 30.3 Å². The topological polar surface area (TPSA) is 38.0 Å². The van der Waals surface area contributed by atoms with E-state index in [0.29, 0.717) is 11.3 Å². The Balaban J connectivity index is 2.36. The number of thiocarbonyl (C=S) groups is 1. The van der Waals surface area contributed by atoms with Gasteiger partial charge in [-0.05, 0) is 40.2 Å². The quantitative estimate of drug-likeness (QED) is 0.839. The Morgan fingerprint density at radius 2 is 1.83 bits per heavy atom. The van der Waals surface area contributed by atoms with Crippen molar-refractivity contribution in [3.05, 3.63) is 58.3 Å². The number of nitrogens with two attached hydrogens (primary N) is 1. The number of anilines is 2. The fourth-order valence-electron chi connectivity index (χ4n) is 1.51. The van der Waals surface area contributed by atoms with Gasteiger partial charge < -0.3 is 11.1 Å². The number of hydrogen-bond acceptors (Lipinski definition) is 2. The summed E-state index contributed by atoms with van der Waals surface area (Å²) in [5.74, 6) is -0.413. The Kier molecular flexibility index (Phi) is 3.93. The molecule has 0 atom stereocenters. The molecule has 2 rings (SSSR count). The van der Waals surface area contributed by atoms with E-state index in [1.54, 1.807) is 12.1 Å². The summed E-state index contributed by atoms with van der Waals surface area (Å²) in [7, 11) is 0. The Hall–Kier alpha value is -1.46. The number of halogens is 2. The normalized spacial score (nSPS) is 10.1. The maximum Gasteiger partial charge on any atom is 0.161 e. The van der Waals surface area contributed by atoms with Crippen molar-refractivity contribution in [2.24, 2.45) is 5.73 Å². The minimum absolute atomic E-state index is 0.159. The highest BCUT2D eigenvalue weighted by Crippen LogP contribution is 2.29. The van der Waals surface area contributed by atoms with E-state index in [2.05, 4.69) is 21.2 Å². The molecule has 0 saturated carbocycles. The van der Waals surface area contributed by atoms with E-state index >= 15 is 0 Å². The van der Waals surface area contributed by atoms with Crippen LogP contribution in [0, 0.1) is 5.82 Å². The average Bonchev–Trinajstić information content (AvgIpc) is 2.36. The first-order chi connectivity index (χ1) is 8.59. The Morgan fingerprint density at radius 1 is 1.17 bits per heavy atom. The number of benzene rings is 2. The first kappa shape index (κ1) is 13.0. The van der Waals surface area contributed by atoms with E-state index in [0.717, 1.165) is 5.69 Å². The van der Waals surface area contributed by atoms with Crippen LogP contribution in [0.1, 0.15) is 5.56 Å². The minimum Gasteiger partial charge on any atom is -0.389 e. The highest BCUT2D eigenvalue weighted by Gasteiger charge is 2.12. The molecule has 0 bridgehead atoms. The van der Waals surface area contributed by atoms with Crippen LogP contribution in [0.2, 0.25) is 0 Å². The first-order valence-corrected chi connectivity index (χ1v) is 6.39. The Labute approximate surface area is 118 Å². The summed E-state index contributed by atoms with van der Waals surface area (Å²) >= 11 is 8.01. The van der Waals surface area contributed by atoms with Crippen molar-refractivity contribution in [1.29, 1.82) is 0 Å². The van der Waals surface area contributed by atoms with Gasteiger partial charge >= 0.3 is 0 Å². The van der Waals surface area contributed by atoms with Crippen LogP contribution in [0.3, 0.4) is 0 Å². The molecule has 0 saturated heterocycles. The van der Waals surface area contributed by atoms with Crippen LogP contribution in [0.25, 0.3) is 0 Å². The van der Waals surface area contributed by atoms with Gasteiger partial charge in [0.2, 0.25) is 0 Å². The molecule has 2 aromatic carbocycles. The second-order valence-corrected chi connectivity index (χ2v) is 4.88. The summed E-state index contributed by atoms with van der Waals surface area (Å²) in [6.07, 6.45) is 0. The second-order valence-electron chi connectivity index (χ2n) is 3.64. The van der Waals surface area contributed by atoms with Gasteiger partial charge in [0.1, 0.15) is 4.99 Å². The number of hydrogen-bond donors (Lipinski definition) is 2. The molecule has 0 fully saturated rings. The molecule has 2 aromatic rings. The van der Waals surface area contributed by atoms with Crippen molar-refractivity contribution in [2.45, 2.75) is 0 Å². The molecule has 0 aliphatic rings. The molecule has 0 aliphatic heterocycles. The molecule has 0 spiro atoms. The third-order valence-electron chi connectivity index (χ3n) is 2.40. The number of nitrogens with one attached hydrogen (secondary N) is 1. The van der Waals surface area contributed by atoms with E-state index < -0.39 is 5.82 Å². The summed E-state index contributed by atoms with van der Waals surface area (Å²) < 4.78 is 14.4. The molecule has 2 nitrogen and oxygen atoms in total. The fourth-order valence-corrected chi connectivity index (χ4v) is 2.37. The van der Waals surface area contributed by atoms with Gasteiger partial charge in [-0.1, -0.05) is 30.4 Å². The van der Waals surface area contributed by atoms with Crippen molar-refractivity contribution in [2.75, 3.05) is 5.32 Å². The third kappa shape index (κ3) is 2.68. The van der Waals surface area contributed by atoms with Crippen LogP contribution in [0.4, 0.5) is 15.8 Å². The van der Waals surface area contributed by atoms with Gasteiger partial charge in [-0.3, -0.25) is 0 Å². The van der Waals surface area contributed by atoms with Gasteiger partial charge in [0.15, 0.2) is 5.82 Å². The van der Waals surface area contributed by atoms with Crippen LogP contribution in [-0.4, -0.2) is 4.99 Å². The lowest BCUT2D eigenvalue weighted by atomic mass is 10.2. The fraction of sp³-hybridized carbons (Fsp3) is 0. The van der Waals surface area contributed by atoms with Gasteiger partial charge in [0.25, 0.3) is 0 Å². The zero-order chi connectivity index (χ0) is 13.1. The monoisotopic (exact) mass is 324 g/mol. The maximum atomic E-state index is 14.1. The Morgan fingerprint density at radius 3 is 2.44 bits per heavy atom. The smallest absolute Gasteiger partial charge is 0.161 e. The SMILES string of the molecule is NC(=S)c1ccc(Nc2ccccc2)c(F)c1Br. The summed E-state index contributed by atoms with van der Waals surface area (Å²) in [5, 5.41) is 2.99. The van der Waals surface area contributed by atoms with Crippen molar-refractivity contribution in [1.82, 2.24) is 0 Å². The van der Waals surface area contributed by atoms with Crippen molar-refractivity contribution < 1.29 is 4.39 Å². The predicted molar refractivity (Wildman–Crippen MR) is 79.7 cm³/mol. The largest absolute Gasteiger partial charge is 0.389 e. The van der Waals surface area contributed by atoms with Crippen molar-refractivity contribution >= 4 is 44.5 Å². The number of rotatable bonds is 3. The summed E-state index contributed by atoms with van der Waals surface area (Å²) in [6.45, 7) is 0. The van der Waals surface area contributed by atoms with E-state index in [9.17, 15) is 4.39 Å². The molecule has 0 radical (unpaired) electrons. The van der Waals surface area contributed by atoms with E-state index in [-0.39, 0.29) is 9.46 Å². The molecule has 3 N–H and O–H groups in total. The first-order valence-electron chi connectivity index (χ1n) is 5.19. The molecule has 0 aliphatic carbocycles. The van der Waals surface area contributed by atoms with Gasteiger partial charge in [-0.2, -0.15) is 0 Å². The van der Waals surface area contributed by atoms with Crippen LogP contribution in [0.15, 0.2) is 46.9 Å². The standard InChI is InChI=1S/C13H10BrFN2S/c14-11-9(13(16)18)6-7-10(12(11)15)17-8-4-2-1-3-5-8/h1-7,17H,(H2,16,18). The zero-order valence-electron chi connectivity index (χ0n) is 9.28. The summed E-state index contributed by atoms with van der Waals surface area (Å²) in [5.41, 5.74) is 7.17. The predicted octanol–water partition coefficient (Wildman–Crippen LogP) is 3.97. The molecule has 5 heteroatoms. The van der Waals surface area contributed by atoms with Crippen molar-refractivity contribution in [3.8, 4) is 0 Å². The highest BCUT2D eigenvalue weighted by atomic mass is 79.9. The summed E-state index contributed by atoms with van der Waals surface area (Å²) in [4.78, 5) is 0.159. The lowest BCUT2D eigenvalue weighted by Crippen LogP contribution is -2.11. The van der Waals surface area contributed by atoms with Gasteiger partial charge in [-0.15, -0.1) is 0 Å². The molecule has 0 unspecified atom stereocenters. The lowest BCUT2D eigenvalue weighted by molar-refractivity contribution is 0.625. The molecular weight excluding hydrogens is 315 g/mol. The molecule has 0 amide bonds. The van der Waals surface area contributed by atoms with Crippen LogP contribution in [-0.2, 0) is 0 Å². The maximum absolute atomic E-state index is 14.1. The molecule has 18 heavy (non-hydrogen) atoms. The van der Waals surface area contributed by atoms with Gasteiger partial charge in [-0.25, -0.2) is 4.39 Å². The highest BCUT2D eigenvalue weighted by molar-refractivity contribution is 9.10. The Bertz CT molecular complexity index is 587. The lowest BCUT2D eigenvalue weighted by Gasteiger charge is -2.11. The van der Waals surface area contributed by atoms with Crippen LogP contribution in [0.5, 0.6) is 0 Å². The van der Waals surface area contributed by atoms with E-state index in [4.69, 9.17) is 18.0 Å². The van der Waals surface area contributed by atoms with Crippen LogP contribution >= 0.6 is 28.1 Å². The third-order valence-corrected chi connectivity index (χ3v) is 3.40. The number of para-hydroxylation sites is 1. The van der Waals surface area contributed by atoms with Gasteiger partial charge in [0.05, 0.1) is 10.2 Å². The minimum atomic E-state index is -0.413. The van der Waals surface area contributed by atoms with Crippen molar-refractivity contribution in [3.63, 3.8) is 0 Å². The molecule has 0 aromatic heterocycles. The zero-order valence-corrected chi connectivity index (χ0v) is 11.7. The molecule has 0 heterocycles. The van der Waals surface area contributed by atoms with Gasteiger partial charge in [0, 0.05) is 11.3 Å². The molecular formula is C13H10BrFN2S. The average molecular weight is 325 g/mol.